The number of aromatic nitrogens is 2. The second-order valence-corrected chi connectivity index (χ2v) is 9.36. The standard InChI is InChI=1S/C24H23N3OS2/c1-15(2)17-11-10-16(3)20(12-17)22-18(13-21-23(28)26(4)24(29)30-21)14-27(25-22)19-8-6-5-7-9-19/h5-15H,1-4H3/b21-13-. The molecule has 1 aliphatic rings. The zero-order valence-electron chi connectivity index (χ0n) is 17.4. The van der Waals surface area contributed by atoms with Crippen molar-refractivity contribution in [3.8, 4) is 16.9 Å². The van der Waals surface area contributed by atoms with Gasteiger partial charge in [-0.05, 0) is 48.2 Å². The van der Waals surface area contributed by atoms with Crippen molar-refractivity contribution in [1.82, 2.24) is 14.7 Å². The highest BCUT2D eigenvalue weighted by atomic mass is 32.2. The lowest BCUT2D eigenvalue weighted by molar-refractivity contribution is -0.121. The molecule has 6 heteroatoms. The van der Waals surface area contributed by atoms with Gasteiger partial charge in [0.2, 0.25) is 0 Å². The Morgan fingerprint density at radius 1 is 1.13 bits per heavy atom. The topological polar surface area (TPSA) is 38.1 Å². The van der Waals surface area contributed by atoms with E-state index in [0.29, 0.717) is 15.1 Å². The molecule has 4 nitrogen and oxygen atoms in total. The Kier molecular flexibility index (Phi) is 5.62. The van der Waals surface area contributed by atoms with E-state index in [4.69, 9.17) is 17.3 Å². The predicted octanol–water partition coefficient (Wildman–Crippen LogP) is 5.80. The zero-order chi connectivity index (χ0) is 21.4. The van der Waals surface area contributed by atoms with Crippen LogP contribution in [0.5, 0.6) is 0 Å². The second kappa shape index (κ2) is 8.20. The maximum atomic E-state index is 12.6. The number of carbonyl (C=O) groups excluding carboxylic acids is 1. The number of thioether (sulfide) groups is 1. The van der Waals surface area contributed by atoms with Gasteiger partial charge in [-0.2, -0.15) is 5.10 Å². The number of benzene rings is 2. The van der Waals surface area contributed by atoms with Crippen LogP contribution in [-0.2, 0) is 4.79 Å². The first-order chi connectivity index (χ1) is 14.3. The molecule has 152 valence electrons. The molecule has 0 aliphatic carbocycles. The summed E-state index contributed by atoms with van der Waals surface area (Å²) in [6, 6.07) is 16.5. The first kappa shape index (κ1) is 20.6. The van der Waals surface area contributed by atoms with E-state index in [-0.39, 0.29) is 5.91 Å². The summed E-state index contributed by atoms with van der Waals surface area (Å²) in [7, 11) is 1.71. The Balaban J connectivity index is 1.90. The van der Waals surface area contributed by atoms with Gasteiger partial charge in [-0.25, -0.2) is 4.68 Å². The maximum Gasteiger partial charge on any atom is 0.265 e. The number of amides is 1. The third-order valence-corrected chi connectivity index (χ3v) is 6.70. The van der Waals surface area contributed by atoms with Gasteiger partial charge in [0, 0.05) is 24.4 Å². The number of aryl methyl sites for hydroxylation is 1. The highest BCUT2D eigenvalue weighted by molar-refractivity contribution is 8.26. The molecule has 1 aliphatic heterocycles. The van der Waals surface area contributed by atoms with Crippen LogP contribution in [0.4, 0.5) is 0 Å². The van der Waals surface area contributed by atoms with Crippen molar-refractivity contribution in [2.24, 2.45) is 0 Å². The molecule has 1 aromatic heterocycles. The summed E-state index contributed by atoms with van der Waals surface area (Å²) in [5, 5.41) is 4.92. The third kappa shape index (κ3) is 3.85. The lowest BCUT2D eigenvalue weighted by Gasteiger charge is -2.11. The first-order valence-corrected chi connectivity index (χ1v) is 11.0. The summed E-state index contributed by atoms with van der Waals surface area (Å²) in [4.78, 5) is 14.7. The van der Waals surface area contributed by atoms with Gasteiger partial charge in [-0.15, -0.1) is 0 Å². The van der Waals surface area contributed by atoms with E-state index < -0.39 is 0 Å². The van der Waals surface area contributed by atoms with E-state index in [2.05, 4.69) is 39.0 Å². The van der Waals surface area contributed by atoms with Crippen LogP contribution in [0.25, 0.3) is 23.0 Å². The quantitative estimate of drug-likeness (QED) is 0.385. The van der Waals surface area contributed by atoms with E-state index in [0.717, 1.165) is 28.1 Å². The van der Waals surface area contributed by atoms with Crippen LogP contribution >= 0.6 is 24.0 Å². The normalized spacial score (nSPS) is 15.6. The third-order valence-electron chi connectivity index (χ3n) is 5.22. The molecule has 0 saturated carbocycles. The summed E-state index contributed by atoms with van der Waals surface area (Å²) in [5.74, 6) is 0.344. The van der Waals surface area contributed by atoms with E-state index in [1.807, 2.05) is 47.3 Å². The zero-order valence-corrected chi connectivity index (χ0v) is 19.1. The summed E-state index contributed by atoms with van der Waals surface area (Å²) in [5.41, 5.74) is 6.22. The SMILES string of the molecule is Cc1ccc(C(C)C)cc1-c1nn(-c2ccccc2)cc1/C=C1\SC(=S)N(C)C1=O. The van der Waals surface area contributed by atoms with Crippen LogP contribution in [0, 0.1) is 6.92 Å². The molecule has 4 rings (SSSR count). The Labute approximate surface area is 186 Å². The van der Waals surface area contributed by atoms with Crippen LogP contribution in [0.15, 0.2) is 59.6 Å². The molecule has 1 fully saturated rings. The van der Waals surface area contributed by atoms with Gasteiger partial charge in [0.1, 0.15) is 10.0 Å². The van der Waals surface area contributed by atoms with Gasteiger partial charge < -0.3 is 0 Å². The minimum Gasteiger partial charge on any atom is -0.296 e. The van der Waals surface area contributed by atoms with Gasteiger partial charge in [0.15, 0.2) is 0 Å². The Bertz CT molecular complexity index is 1160. The number of hydrogen-bond acceptors (Lipinski definition) is 4. The first-order valence-electron chi connectivity index (χ1n) is 9.82. The van der Waals surface area contributed by atoms with Crippen LogP contribution < -0.4 is 0 Å². The van der Waals surface area contributed by atoms with Gasteiger partial charge >= 0.3 is 0 Å². The minimum atomic E-state index is -0.0731. The fourth-order valence-electron chi connectivity index (χ4n) is 3.36. The van der Waals surface area contributed by atoms with Crippen molar-refractivity contribution in [1.29, 1.82) is 0 Å². The molecule has 1 amide bonds. The lowest BCUT2D eigenvalue weighted by Crippen LogP contribution is -2.22. The molecule has 0 bridgehead atoms. The number of thiocarbonyl (C=S) groups is 1. The van der Waals surface area contributed by atoms with Crippen molar-refractivity contribution < 1.29 is 4.79 Å². The molecule has 0 atom stereocenters. The molecule has 2 heterocycles. The fraction of sp³-hybridized carbons (Fsp3) is 0.208. The second-order valence-electron chi connectivity index (χ2n) is 7.68. The molecule has 3 aromatic rings. The van der Waals surface area contributed by atoms with Crippen molar-refractivity contribution in [3.05, 3.63) is 76.3 Å². The number of hydrogen-bond donors (Lipinski definition) is 0. The van der Waals surface area contributed by atoms with Gasteiger partial charge in [0.05, 0.1) is 10.6 Å². The number of carbonyl (C=O) groups is 1. The highest BCUT2D eigenvalue weighted by Crippen LogP contribution is 2.35. The van der Waals surface area contributed by atoms with Crippen LogP contribution in [0.3, 0.4) is 0 Å². The fourth-order valence-corrected chi connectivity index (χ4v) is 4.53. The van der Waals surface area contributed by atoms with Crippen molar-refractivity contribution >= 4 is 40.3 Å². The van der Waals surface area contributed by atoms with E-state index in [1.165, 1.54) is 22.2 Å². The summed E-state index contributed by atoms with van der Waals surface area (Å²) < 4.78 is 2.44. The molecule has 0 unspecified atom stereocenters. The predicted molar refractivity (Wildman–Crippen MR) is 129 cm³/mol. The minimum absolute atomic E-state index is 0.0731. The van der Waals surface area contributed by atoms with E-state index >= 15 is 0 Å². The average Bonchev–Trinajstić information content (AvgIpc) is 3.26. The lowest BCUT2D eigenvalue weighted by atomic mass is 9.95. The smallest absolute Gasteiger partial charge is 0.265 e. The molecule has 2 aromatic carbocycles. The van der Waals surface area contributed by atoms with Gasteiger partial charge in [0.25, 0.3) is 5.91 Å². The van der Waals surface area contributed by atoms with Crippen molar-refractivity contribution in [2.75, 3.05) is 7.05 Å². The molecule has 1 saturated heterocycles. The number of nitrogens with zero attached hydrogens (tertiary/aromatic N) is 3. The maximum absolute atomic E-state index is 12.6. The number of rotatable bonds is 4. The van der Waals surface area contributed by atoms with Gasteiger partial charge in [-0.1, -0.05) is 68.2 Å². The van der Waals surface area contributed by atoms with Crippen molar-refractivity contribution in [3.63, 3.8) is 0 Å². The molecule has 0 radical (unpaired) electrons. The van der Waals surface area contributed by atoms with Crippen molar-refractivity contribution in [2.45, 2.75) is 26.7 Å². The molecule has 0 N–H and O–H groups in total. The molecular weight excluding hydrogens is 410 g/mol. The summed E-state index contributed by atoms with van der Waals surface area (Å²) >= 11 is 6.62. The van der Waals surface area contributed by atoms with Crippen LogP contribution in [-0.4, -0.2) is 32.0 Å². The molecule has 0 spiro atoms. The average molecular weight is 434 g/mol. The molecule has 30 heavy (non-hydrogen) atoms. The van der Waals surface area contributed by atoms with Gasteiger partial charge in [-0.3, -0.25) is 9.69 Å². The number of likely N-dealkylation sites (N-methyl/N-ethyl adjacent to an activating group) is 1. The van der Waals surface area contributed by atoms with E-state index in [9.17, 15) is 4.79 Å². The molecular formula is C24H23N3OS2. The largest absolute Gasteiger partial charge is 0.296 e. The van der Waals surface area contributed by atoms with Crippen LogP contribution in [0.1, 0.15) is 36.5 Å². The number of para-hydroxylation sites is 1. The van der Waals surface area contributed by atoms with E-state index in [1.54, 1.807) is 7.05 Å². The highest BCUT2D eigenvalue weighted by Gasteiger charge is 2.29. The Morgan fingerprint density at radius 2 is 1.87 bits per heavy atom. The monoisotopic (exact) mass is 433 g/mol. The summed E-state index contributed by atoms with van der Waals surface area (Å²) in [6.45, 7) is 6.46. The summed E-state index contributed by atoms with van der Waals surface area (Å²) in [6.07, 6.45) is 3.89. The van der Waals surface area contributed by atoms with Crippen LogP contribution in [0.2, 0.25) is 0 Å². The Hall–Kier alpha value is -2.70. The Morgan fingerprint density at radius 3 is 2.50 bits per heavy atom.